The molecule has 10 nitrogen and oxygen atoms in total. The van der Waals surface area contributed by atoms with Crippen LogP contribution in [0.3, 0.4) is 0 Å². The fourth-order valence-corrected chi connectivity index (χ4v) is 3.55. The standard InChI is InChI=1S/C24H21N3O7S/c1-33-22-12-16(5-10-21(22)34-14-17-3-2-4-18(11-17)24(29)30)13-25-26-23(28)15-35-20-8-6-19(7-9-20)27(31)32/h2-13H,14-15H2,1H3,(H,26,28)(H,29,30)/b25-13+. The van der Waals surface area contributed by atoms with Crippen molar-refractivity contribution < 1.29 is 29.1 Å². The number of nitrogens with one attached hydrogen (secondary N) is 1. The highest BCUT2D eigenvalue weighted by molar-refractivity contribution is 8.00. The molecule has 3 aromatic carbocycles. The maximum absolute atomic E-state index is 12.0. The molecule has 0 aliphatic rings. The van der Waals surface area contributed by atoms with Crippen molar-refractivity contribution in [2.24, 2.45) is 5.10 Å². The van der Waals surface area contributed by atoms with E-state index in [-0.39, 0.29) is 29.5 Å². The molecule has 0 atom stereocenters. The molecule has 0 bridgehead atoms. The lowest BCUT2D eigenvalue weighted by atomic mass is 10.1. The minimum atomic E-state index is -1.01. The summed E-state index contributed by atoms with van der Waals surface area (Å²) in [5, 5.41) is 23.7. The average molecular weight is 496 g/mol. The van der Waals surface area contributed by atoms with Gasteiger partial charge >= 0.3 is 5.97 Å². The molecular formula is C24H21N3O7S. The molecule has 3 aromatic rings. The average Bonchev–Trinajstić information content (AvgIpc) is 2.87. The number of methoxy groups -OCH3 is 1. The zero-order valence-electron chi connectivity index (χ0n) is 18.5. The van der Waals surface area contributed by atoms with E-state index in [4.69, 9.17) is 14.6 Å². The summed E-state index contributed by atoms with van der Waals surface area (Å²) in [6.07, 6.45) is 1.46. The fourth-order valence-electron chi connectivity index (χ4n) is 2.86. The van der Waals surface area contributed by atoms with Gasteiger partial charge in [-0.3, -0.25) is 14.9 Å². The fraction of sp³-hybridized carbons (Fsp3) is 0.125. The number of ether oxygens (including phenoxy) is 2. The summed E-state index contributed by atoms with van der Waals surface area (Å²) in [7, 11) is 1.49. The smallest absolute Gasteiger partial charge is 0.335 e. The van der Waals surface area contributed by atoms with Crippen LogP contribution < -0.4 is 14.9 Å². The number of carbonyl (C=O) groups excluding carboxylic acids is 1. The first-order chi connectivity index (χ1) is 16.9. The minimum absolute atomic E-state index is 0.0114. The quantitative estimate of drug-likeness (QED) is 0.175. The topological polar surface area (TPSA) is 140 Å². The normalized spacial score (nSPS) is 10.7. The summed E-state index contributed by atoms with van der Waals surface area (Å²) in [4.78, 5) is 34.0. The predicted octanol–water partition coefficient (Wildman–Crippen LogP) is 4.12. The van der Waals surface area contributed by atoms with Crippen LogP contribution in [0.1, 0.15) is 21.5 Å². The molecule has 2 N–H and O–H groups in total. The highest BCUT2D eigenvalue weighted by Gasteiger charge is 2.09. The number of nitro benzene ring substituents is 1. The molecule has 0 fully saturated rings. The number of aromatic carboxylic acids is 1. The van der Waals surface area contributed by atoms with Gasteiger partial charge in [-0.15, -0.1) is 11.8 Å². The molecule has 0 saturated carbocycles. The summed E-state index contributed by atoms with van der Waals surface area (Å²) in [5.74, 6) is -0.337. The van der Waals surface area contributed by atoms with Crippen LogP contribution in [0.4, 0.5) is 5.69 Å². The molecule has 1 amide bonds. The molecule has 0 aliphatic heterocycles. The first kappa shape index (κ1) is 25.2. The van der Waals surface area contributed by atoms with Crippen molar-refractivity contribution in [3.05, 3.63) is 93.5 Å². The summed E-state index contributed by atoms with van der Waals surface area (Å²) in [6, 6.07) is 17.5. The predicted molar refractivity (Wildman–Crippen MR) is 130 cm³/mol. The van der Waals surface area contributed by atoms with E-state index in [2.05, 4.69) is 10.5 Å². The van der Waals surface area contributed by atoms with E-state index in [1.165, 1.54) is 43.3 Å². The summed E-state index contributed by atoms with van der Waals surface area (Å²) < 4.78 is 11.1. The van der Waals surface area contributed by atoms with E-state index in [1.807, 2.05) is 0 Å². The molecular weight excluding hydrogens is 474 g/mol. The van der Waals surface area contributed by atoms with Gasteiger partial charge in [0.1, 0.15) is 6.61 Å². The molecule has 0 spiro atoms. The van der Waals surface area contributed by atoms with E-state index in [0.29, 0.717) is 22.6 Å². The number of carboxylic acids is 1. The Morgan fingerprint density at radius 2 is 1.89 bits per heavy atom. The number of carboxylic acid groups (broad SMARTS) is 1. The summed E-state index contributed by atoms with van der Waals surface area (Å²) >= 11 is 1.23. The zero-order valence-corrected chi connectivity index (χ0v) is 19.4. The molecule has 3 rings (SSSR count). The van der Waals surface area contributed by atoms with Gasteiger partial charge in [0.05, 0.1) is 29.6 Å². The Morgan fingerprint density at radius 1 is 1.11 bits per heavy atom. The van der Waals surface area contributed by atoms with Gasteiger partial charge in [0.2, 0.25) is 5.91 Å². The Kier molecular flexibility index (Phi) is 8.79. The Balaban J connectivity index is 1.52. The second-order valence-electron chi connectivity index (χ2n) is 7.04. The largest absolute Gasteiger partial charge is 0.493 e. The van der Waals surface area contributed by atoms with Gasteiger partial charge in [-0.2, -0.15) is 5.10 Å². The second-order valence-corrected chi connectivity index (χ2v) is 8.09. The van der Waals surface area contributed by atoms with Crippen molar-refractivity contribution in [1.82, 2.24) is 5.43 Å². The maximum Gasteiger partial charge on any atom is 0.335 e. The molecule has 0 saturated heterocycles. The Hall–Kier alpha value is -4.38. The van der Waals surface area contributed by atoms with Crippen molar-refractivity contribution in [3.63, 3.8) is 0 Å². The number of hydrazone groups is 1. The number of non-ortho nitro benzene ring substituents is 1. The van der Waals surface area contributed by atoms with Gasteiger partial charge in [0.15, 0.2) is 11.5 Å². The van der Waals surface area contributed by atoms with Crippen molar-refractivity contribution in [1.29, 1.82) is 0 Å². The SMILES string of the molecule is COc1cc(/C=N/NC(=O)CSc2ccc([N+](=O)[O-])cc2)ccc1OCc1cccc(C(=O)O)c1. The van der Waals surface area contributed by atoms with Crippen molar-refractivity contribution in [3.8, 4) is 11.5 Å². The molecule has 0 aliphatic carbocycles. The molecule has 0 heterocycles. The van der Waals surface area contributed by atoms with Crippen LogP contribution >= 0.6 is 11.8 Å². The van der Waals surface area contributed by atoms with Crippen LogP contribution in [0.15, 0.2) is 76.7 Å². The van der Waals surface area contributed by atoms with Gasteiger partial charge < -0.3 is 14.6 Å². The van der Waals surface area contributed by atoms with Crippen LogP contribution in [0.25, 0.3) is 0 Å². The lowest BCUT2D eigenvalue weighted by Crippen LogP contribution is -2.19. The van der Waals surface area contributed by atoms with Gasteiger partial charge in [0.25, 0.3) is 5.69 Å². The Morgan fingerprint density at radius 3 is 2.57 bits per heavy atom. The molecule has 0 radical (unpaired) electrons. The molecule has 0 unspecified atom stereocenters. The second kappa shape index (κ2) is 12.2. The third-order valence-corrected chi connectivity index (χ3v) is 5.59. The van der Waals surface area contributed by atoms with Crippen LogP contribution in [-0.2, 0) is 11.4 Å². The van der Waals surface area contributed by atoms with Crippen molar-refractivity contribution in [2.45, 2.75) is 11.5 Å². The van der Waals surface area contributed by atoms with Gasteiger partial charge in [-0.25, -0.2) is 10.2 Å². The van der Waals surface area contributed by atoms with Gasteiger partial charge in [0, 0.05) is 17.0 Å². The zero-order chi connectivity index (χ0) is 25.2. The number of benzene rings is 3. The van der Waals surface area contributed by atoms with Gasteiger partial charge in [-0.05, 0) is 53.6 Å². The number of rotatable bonds is 11. The van der Waals surface area contributed by atoms with Crippen LogP contribution in [-0.4, -0.2) is 41.0 Å². The van der Waals surface area contributed by atoms with E-state index >= 15 is 0 Å². The number of amides is 1. The number of nitro groups is 1. The third-order valence-electron chi connectivity index (χ3n) is 4.58. The molecule has 35 heavy (non-hydrogen) atoms. The monoisotopic (exact) mass is 495 g/mol. The summed E-state index contributed by atoms with van der Waals surface area (Å²) in [5.41, 5.74) is 3.95. The molecule has 0 aromatic heterocycles. The van der Waals surface area contributed by atoms with Crippen LogP contribution in [0.5, 0.6) is 11.5 Å². The lowest BCUT2D eigenvalue weighted by Gasteiger charge is -2.11. The van der Waals surface area contributed by atoms with Crippen molar-refractivity contribution >= 4 is 35.5 Å². The van der Waals surface area contributed by atoms with Crippen LogP contribution in [0, 0.1) is 10.1 Å². The first-order valence-corrected chi connectivity index (χ1v) is 11.2. The molecule has 180 valence electrons. The molecule has 11 heteroatoms. The third kappa shape index (κ3) is 7.57. The minimum Gasteiger partial charge on any atom is -0.493 e. The van der Waals surface area contributed by atoms with E-state index in [0.717, 1.165) is 4.90 Å². The Bertz CT molecular complexity index is 1250. The van der Waals surface area contributed by atoms with Crippen LogP contribution in [0.2, 0.25) is 0 Å². The van der Waals surface area contributed by atoms with E-state index < -0.39 is 10.9 Å². The highest BCUT2D eigenvalue weighted by Crippen LogP contribution is 2.28. The highest BCUT2D eigenvalue weighted by atomic mass is 32.2. The van der Waals surface area contributed by atoms with Crippen molar-refractivity contribution in [2.75, 3.05) is 12.9 Å². The van der Waals surface area contributed by atoms with Gasteiger partial charge in [-0.1, -0.05) is 12.1 Å². The number of hydrogen-bond donors (Lipinski definition) is 2. The number of thioether (sulfide) groups is 1. The number of hydrogen-bond acceptors (Lipinski definition) is 8. The summed E-state index contributed by atoms with van der Waals surface area (Å²) in [6.45, 7) is 0.160. The maximum atomic E-state index is 12.0. The van der Waals surface area contributed by atoms with E-state index in [9.17, 15) is 19.7 Å². The first-order valence-electron chi connectivity index (χ1n) is 10.2. The van der Waals surface area contributed by atoms with E-state index in [1.54, 1.807) is 48.5 Å². The lowest BCUT2D eigenvalue weighted by molar-refractivity contribution is -0.384. The Labute approximate surface area is 204 Å². The number of nitrogens with zero attached hydrogens (tertiary/aromatic N) is 2. The number of carbonyl (C=O) groups is 2.